The second-order valence-electron chi connectivity index (χ2n) is 5.68. The van der Waals surface area contributed by atoms with E-state index in [4.69, 9.17) is 0 Å². The molecule has 110 valence electrons. The molecule has 1 saturated heterocycles. The van der Waals surface area contributed by atoms with Gasteiger partial charge in [-0.3, -0.25) is 15.0 Å². The van der Waals surface area contributed by atoms with Gasteiger partial charge in [0.25, 0.3) is 5.69 Å². The van der Waals surface area contributed by atoms with Crippen LogP contribution in [0.1, 0.15) is 32.3 Å². The Kier molecular flexibility index (Phi) is 4.60. The molecule has 2 atom stereocenters. The van der Waals surface area contributed by atoms with Crippen LogP contribution >= 0.6 is 0 Å². The predicted molar refractivity (Wildman–Crippen MR) is 80.9 cm³/mol. The maximum Gasteiger partial charge on any atom is 0.269 e. The minimum absolute atomic E-state index is 0.164. The van der Waals surface area contributed by atoms with Crippen molar-refractivity contribution in [2.45, 2.75) is 39.3 Å². The van der Waals surface area contributed by atoms with Gasteiger partial charge < -0.3 is 5.32 Å². The first kappa shape index (κ1) is 14.8. The first-order valence-electron chi connectivity index (χ1n) is 7.22. The summed E-state index contributed by atoms with van der Waals surface area (Å²) < 4.78 is 0. The third-order valence-electron chi connectivity index (χ3n) is 4.45. The summed E-state index contributed by atoms with van der Waals surface area (Å²) in [6.45, 7) is 6.37. The van der Waals surface area contributed by atoms with Crippen LogP contribution in [0, 0.1) is 16.0 Å². The molecule has 5 nitrogen and oxygen atoms in total. The molecular formula is C15H23N3O2. The topological polar surface area (TPSA) is 58.4 Å². The minimum Gasteiger partial charge on any atom is -0.388 e. The Morgan fingerprint density at radius 2 is 2.20 bits per heavy atom. The van der Waals surface area contributed by atoms with Crippen molar-refractivity contribution in [1.29, 1.82) is 0 Å². The smallest absolute Gasteiger partial charge is 0.269 e. The molecule has 1 aromatic rings. The summed E-state index contributed by atoms with van der Waals surface area (Å²) in [7, 11) is 1.85. The number of anilines is 1. The van der Waals surface area contributed by atoms with E-state index in [9.17, 15) is 10.1 Å². The van der Waals surface area contributed by atoms with Gasteiger partial charge in [-0.1, -0.05) is 6.92 Å². The molecule has 0 bridgehead atoms. The largest absolute Gasteiger partial charge is 0.388 e. The highest BCUT2D eigenvalue weighted by molar-refractivity contribution is 5.55. The van der Waals surface area contributed by atoms with Crippen molar-refractivity contribution in [2.75, 3.05) is 18.9 Å². The van der Waals surface area contributed by atoms with E-state index in [0.717, 1.165) is 24.3 Å². The van der Waals surface area contributed by atoms with E-state index >= 15 is 0 Å². The van der Waals surface area contributed by atoms with E-state index in [1.165, 1.54) is 12.8 Å². The molecule has 1 heterocycles. The highest BCUT2D eigenvalue weighted by Gasteiger charge is 2.25. The number of nitrogens with one attached hydrogen (secondary N) is 1. The molecule has 2 rings (SSSR count). The molecule has 0 spiro atoms. The highest BCUT2D eigenvalue weighted by atomic mass is 16.6. The predicted octanol–water partition coefficient (Wildman–Crippen LogP) is 3.26. The number of piperidine rings is 1. The van der Waals surface area contributed by atoms with Crippen LogP contribution in [0.15, 0.2) is 18.2 Å². The van der Waals surface area contributed by atoms with Crippen molar-refractivity contribution in [3.63, 3.8) is 0 Å². The van der Waals surface area contributed by atoms with Crippen LogP contribution in [-0.4, -0.2) is 29.5 Å². The molecule has 0 aromatic heterocycles. The van der Waals surface area contributed by atoms with E-state index in [1.54, 1.807) is 18.2 Å². The third kappa shape index (κ3) is 3.10. The standard InChI is InChI=1S/C15H23N3O2/c1-11-5-4-8-17(12(11)2)10-13-9-14(18(19)20)6-7-15(13)16-3/h6-7,9,11-12,16H,4-5,8,10H2,1-3H3. The van der Waals surface area contributed by atoms with Gasteiger partial charge in [-0.25, -0.2) is 0 Å². The zero-order valence-electron chi connectivity index (χ0n) is 12.4. The van der Waals surface area contributed by atoms with Crippen molar-refractivity contribution in [2.24, 2.45) is 5.92 Å². The quantitative estimate of drug-likeness (QED) is 0.678. The van der Waals surface area contributed by atoms with Gasteiger partial charge in [0.15, 0.2) is 0 Å². The van der Waals surface area contributed by atoms with Crippen molar-refractivity contribution in [3.8, 4) is 0 Å². The van der Waals surface area contributed by atoms with Crippen LogP contribution in [0.3, 0.4) is 0 Å². The highest BCUT2D eigenvalue weighted by Crippen LogP contribution is 2.28. The molecule has 1 aliphatic heterocycles. The molecule has 0 amide bonds. The van der Waals surface area contributed by atoms with Crippen molar-refractivity contribution in [1.82, 2.24) is 4.90 Å². The minimum atomic E-state index is -0.328. The van der Waals surface area contributed by atoms with Crippen LogP contribution in [0.2, 0.25) is 0 Å². The molecule has 20 heavy (non-hydrogen) atoms. The van der Waals surface area contributed by atoms with Crippen LogP contribution < -0.4 is 5.32 Å². The van der Waals surface area contributed by atoms with Gasteiger partial charge in [-0.15, -0.1) is 0 Å². The Labute approximate surface area is 120 Å². The zero-order chi connectivity index (χ0) is 14.7. The molecule has 1 N–H and O–H groups in total. The molecule has 0 radical (unpaired) electrons. The number of hydrogen-bond donors (Lipinski definition) is 1. The van der Waals surface area contributed by atoms with Gasteiger partial charge in [0, 0.05) is 37.5 Å². The van der Waals surface area contributed by atoms with Gasteiger partial charge >= 0.3 is 0 Å². The monoisotopic (exact) mass is 277 g/mol. The number of benzene rings is 1. The van der Waals surface area contributed by atoms with E-state index in [-0.39, 0.29) is 10.6 Å². The van der Waals surface area contributed by atoms with Crippen LogP contribution in [-0.2, 0) is 6.54 Å². The van der Waals surface area contributed by atoms with Gasteiger partial charge in [-0.05, 0) is 43.9 Å². The van der Waals surface area contributed by atoms with Crippen molar-refractivity contribution >= 4 is 11.4 Å². The molecular weight excluding hydrogens is 254 g/mol. The average Bonchev–Trinajstić information content (AvgIpc) is 2.43. The summed E-state index contributed by atoms with van der Waals surface area (Å²) in [5, 5.41) is 14.1. The van der Waals surface area contributed by atoms with Gasteiger partial charge in [0.05, 0.1) is 4.92 Å². The lowest BCUT2D eigenvalue weighted by Gasteiger charge is -2.38. The van der Waals surface area contributed by atoms with E-state index in [0.29, 0.717) is 12.0 Å². The number of nitrogens with zero attached hydrogens (tertiary/aromatic N) is 2. The Bertz CT molecular complexity index is 490. The SMILES string of the molecule is CNc1ccc([N+](=O)[O-])cc1CN1CCCC(C)C1C. The maximum absolute atomic E-state index is 10.9. The summed E-state index contributed by atoms with van der Waals surface area (Å²) in [6.07, 6.45) is 2.47. The second-order valence-corrected chi connectivity index (χ2v) is 5.68. The van der Waals surface area contributed by atoms with Crippen molar-refractivity contribution < 1.29 is 4.92 Å². The molecule has 1 aromatic carbocycles. The summed E-state index contributed by atoms with van der Waals surface area (Å²) >= 11 is 0. The summed E-state index contributed by atoms with van der Waals surface area (Å²) in [6, 6.07) is 5.56. The molecule has 1 aliphatic rings. The number of rotatable bonds is 4. The van der Waals surface area contributed by atoms with Crippen molar-refractivity contribution in [3.05, 3.63) is 33.9 Å². The number of non-ortho nitro benzene ring substituents is 1. The normalized spacial score (nSPS) is 23.6. The summed E-state index contributed by atoms with van der Waals surface area (Å²) in [5.74, 6) is 0.681. The Morgan fingerprint density at radius 1 is 1.45 bits per heavy atom. The second kappa shape index (κ2) is 6.22. The summed E-state index contributed by atoms with van der Waals surface area (Å²) in [5.41, 5.74) is 2.14. The van der Waals surface area contributed by atoms with Gasteiger partial charge in [0.1, 0.15) is 0 Å². The van der Waals surface area contributed by atoms with Crippen LogP contribution in [0.25, 0.3) is 0 Å². The fourth-order valence-corrected chi connectivity index (χ4v) is 2.93. The van der Waals surface area contributed by atoms with E-state index < -0.39 is 0 Å². The molecule has 0 aliphatic carbocycles. The molecule has 0 saturated carbocycles. The summed E-state index contributed by atoms with van der Waals surface area (Å²) in [4.78, 5) is 13.0. The first-order chi connectivity index (χ1) is 9.52. The average molecular weight is 277 g/mol. The van der Waals surface area contributed by atoms with Crippen LogP contribution in [0.5, 0.6) is 0 Å². The lowest BCUT2D eigenvalue weighted by atomic mass is 9.91. The fourth-order valence-electron chi connectivity index (χ4n) is 2.93. The zero-order valence-corrected chi connectivity index (χ0v) is 12.4. The van der Waals surface area contributed by atoms with Gasteiger partial charge in [0.2, 0.25) is 0 Å². The lowest BCUT2D eigenvalue weighted by Crippen LogP contribution is -2.41. The Morgan fingerprint density at radius 3 is 2.85 bits per heavy atom. The number of nitro benzene ring substituents is 1. The number of nitro groups is 1. The lowest BCUT2D eigenvalue weighted by molar-refractivity contribution is -0.384. The third-order valence-corrected chi connectivity index (χ3v) is 4.45. The Hall–Kier alpha value is -1.62. The molecule has 5 heteroatoms. The number of hydrogen-bond acceptors (Lipinski definition) is 4. The van der Waals surface area contributed by atoms with Gasteiger partial charge in [-0.2, -0.15) is 0 Å². The number of likely N-dealkylation sites (tertiary alicyclic amines) is 1. The van der Waals surface area contributed by atoms with Crippen LogP contribution in [0.4, 0.5) is 11.4 Å². The maximum atomic E-state index is 10.9. The van der Waals surface area contributed by atoms with E-state index in [1.807, 2.05) is 7.05 Å². The Balaban J connectivity index is 2.22. The fraction of sp³-hybridized carbons (Fsp3) is 0.600. The first-order valence-corrected chi connectivity index (χ1v) is 7.22. The molecule has 2 unspecified atom stereocenters. The van der Waals surface area contributed by atoms with E-state index in [2.05, 4.69) is 24.1 Å². The molecule has 1 fully saturated rings.